The lowest BCUT2D eigenvalue weighted by Gasteiger charge is -1.91. The first-order valence-electron chi connectivity index (χ1n) is 5.14. The Labute approximate surface area is 108 Å². The van der Waals surface area contributed by atoms with Gasteiger partial charge in [0.1, 0.15) is 0 Å². The number of nitrogens with zero attached hydrogens (tertiary/aromatic N) is 2. The highest BCUT2D eigenvalue weighted by atomic mass is 16.6. The van der Waals surface area contributed by atoms with E-state index >= 15 is 0 Å². The number of non-ortho nitro benzene ring substituents is 1. The number of nitro benzene ring substituents is 2. The second kappa shape index (κ2) is 6.70. The van der Waals surface area contributed by atoms with Crippen LogP contribution in [0.3, 0.4) is 0 Å². The molecule has 0 atom stereocenters. The summed E-state index contributed by atoms with van der Waals surface area (Å²) in [6.07, 6.45) is 0. The molecule has 0 aliphatic rings. The van der Waals surface area contributed by atoms with Crippen LogP contribution in [-0.4, -0.2) is 15.0 Å². The predicted octanol–water partition coefficient (Wildman–Crippen LogP) is 2.90. The van der Waals surface area contributed by atoms with E-state index in [-0.39, 0.29) is 17.1 Å². The lowest BCUT2D eigenvalue weighted by molar-refractivity contribution is -0.385. The zero-order valence-electron chi connectivity index (χ0n) is 9.67. The van der Waals surface area contributed by atoms with Gasteiger partial charge in [0.25, 0.3) is 5.69 Å². The Bertz CT molecular complexity index is 571. The van der Waals surface area contributed by atoms with Crippen LogP contribution in [-0.2, 0) is 0 Å². The lowest BCUT2D eigenvalue weighted by atomic mass is 10.3. The number of hydrogen-bond acceptors (Lipinski definition) is 5. The molecule has 0 saturated carbocycles. The Morgan fingerprint density at radius 1 is 0.789 bits per heavy atom. The number of para-hydroxylation sites is 3. The van der Waals surface area contributed by atoms with Gasteiger partial charge in [-0.1, -0.05) is 30.3 Å². The molecule has 2 rings (SSSR count). The molecule has 7 heteroatoms. The van der Waals surface area contributed by atoms with Crippen molar-refractivity contribution in [2.75, 3.05) is 0 Å². The maximum absolute atomic E-state index is 10.1. The largest absolute Gasteiger partial charge is 0.502 e. The lowest BCUT2D eigenvalue weighted by Crippen LogP contribution is -1.86. The van der Waals surface area contributed by atoms with Gasteiger partial charge in [0, 0.05) is 18.2 Å². The third kappa shape index (κ3) is 4.43. The molecule has 0 unspecified atom stereocenters. The molecule has 0 aliphatic heterocycles. The fourth-order valence-electron chi connectivity index (χ4n) is 1.17. The highest BCUT2D eigenvalue weighted by Gasteiger charge is 2.09. The van der Waals surface area contributed by atoms with Crippen LogP contribution in [0.1, 0.15) is 0 Å². The first-order chi connectivity index (χ1) is 9.02. The molecule has 0 bridgehead atoms. The van der Waals surface area contributed by atoms with Crippen LogP contribution in [0.4, 0.5) is 11.4 Å². The van der Waals surface area contributed by atoms with E-state index in [2.05, 4.69) is 0 Å². The summed E-state index contributed by atoms with van der Waals surface area (Å²) < 4.78 is 0. The van der Waals surface area contributed by atoms with Crippen LogP contribution in [0.2, 0.25) is 0 Å². The smallest absolute Gasteiger partial charge is 0.310 e. The maximum atomic E-state index is 10.1. The van der Waals surface area contributed by atoms with Gasteiger partial charge in [-0.25, -0.2) is 0 Å². The molecule has 0 saturated heterocycles. The van der Waals surface area contributed by atoms with E-state index in [9.17, 15) is 20.2 Å². The van der Waals surface area contributed by atoms with E-state index in [0.717, 1.165) is 0 Å². The maximum Gasteiger partial charge on any atom is 0.310 e. The molecule has 19 heavy (non-hydrogen) atoms. The van der Waals surface area contributed by atoms with Gasteiger partial charge in [-0.15, -0.1) is 0 Å². The van der Waals surface area contributed by atoms with Gasteiger partial charge < -0.3 is 5.11 Å². The molecule has 0 heterocycles. The summed E-state index contributed by atoms with van der Waals surface area (Å²) in [5.41, 5.74) is -0.125. The Balaban J connectivity index is 0.000000191. The number of hydrogen-bond donors (Lipinski definition) is 1. The molecule has 1 N–H and O–H groups in total. The van der Waals surface area contributed by atoms with E-state index in [1.54, 1.807) is 18.2 Å². The Morgan fingerprint density at radius 2 is 1.32 bits per heavy atom. The minimum Gasteiger partial charge on any atom is -0.502 e. The molecule has 0 aliphatic carbocycles. The van der Waals surface area contributed by atoms with Gasteiger partial charge in [0.2, 0.25) is 0 Å². The standard InChI is InChI=1S/C6H5NO3.C6H5NO2/c8-6-4-2-1-3-5(6)7(9)10;8-7(9)6-4-2-1-3-5-6/h1-4,8H;1-5H. The molecule has 0 radical (unpaired) electrons. The Hall–Kier alpha value is -2.96. The number of phenolic OH excluding ortho intramolecular Hbond substituents is 1. The molecule has 2 aromatic rings. The SMILES string of the molecule is O=[N+]([O-])c1ccccc1.O=[N+]([O-])c1ccccc1O. The molecule has 0 fully saturated rings. The quantitative estimate of drug-likeness (QED) is 0.661. The fourth-order valence-corrected chi connectivity index (χ4v) is 1.17. The van der Waals surface area contributed by atoms with Gasteiger partial charge in [0.15, 0.2) is 5.75 Å². The normalized spacial score (nSPS) is 9.05. The van der Waals surface area contributed by atoms with Crippen molar-refractivity contribution < 1.29 is 15.0 Å². The molecule has 0 aromatic heterocycles. The minimum absolute atomic E-state index is 0.137. The Morgan fingerprint density at radius 3 is 1.68 bits per heavy atom. The molecule has 2 aromatic carbocycles. The predicted molar refractivity (Wildman–Crippen MR) is 67.9 cm³/mol. The topological polar surface area (TPSA) is 107 Å². The first-order valence-corrected chi connectivity index (χ1v) is 5.14. The molecule has 0 amide bonds. The molecular formula is C12H10N2O5. The average Bonchev–Trinajstić information content (AvgIpc) is 2.40. The average molecular weight is 262 g/mol. The van der Waals surface area contributed by atoms with Gasteiger partial charge >= 0.3 is 5.69 Å². The van der Waals surface area contributed by atoms with Crippen LogP contribution in [0, 0.1) is 20.2 Å². The van der Waals surface area contributed by atoms with Gasteiger partial charge in [0.05, 0.1) is 9.85 Å². The van der Waals surface area contributed by atoms with Gasteiger partial charge in [-0.3, -0.25) is 20.2 Å². The third-order valence-corrected chi connectivity index (χ3v) is 2.05. The third-order valence-electron chi connectivity index (χ3n) is 2.05. The highest BCUT2D eigenvalue weighted by Crippen LogP contribution is 2.23. The molecule has 98 valence electrons. The van der Waals surface area contributed by atoms with Crippen LogP contribution in [0.25, 0.3) is 0 Å². The summed E-state index contributed by atoms with van der Waals surface area (Å²) in [4.78, 5) is 19.0. The van der Waals surface area contributed by atoms with E-state index in [0.29, 0.717) is 0 Å². The number of rotatable bonds is 2. The number of benzene rings is 2. The number of phenols is 1. The van der Waals surface area contributed by atoms with Crippen molar-refractivity contribution in [3.63, 3.8) is 0 Å². The monoisotopic (exact) mass is 262 g/mol. The van der Waals surface area contributed by atoms with Crippen molar-refractivity contribution in [3.8, 4) is 5.75 Å². The minimum atomic E-state index is -0.630. The zero-order chi connectivity index (χ0) is 14.3. The van der Waals surface area contributed by atoms with Crippen molar-refractivity contribution in [1.82, 2.24) is 0 Å². The van der Waals surface area contributed by atoms with Crippen LogP contribution in [0.5, 0.6) is 5.75 Å². The summed E-state index contributed by atoms with van der Waals surface area (Å²) in [5, 5.41) is 28.9. The molecule has 0 spiro atoms. The van der Waals surface area contributed by atoms with Crippen molar-refractivity contribution in [1.29, 1.82) is 0 Å². The highest BCUT2D eigenvalue weighted by molar-refractivity contribution is 5.44. The van der Waals surface area contributed by atoms with Gasteiger partial charge in [-0.2, -0.15) is 0 Å². The molecule has 7 nitrogen and oxygen atoms in total. The van der Waals surface area contributed by atoms with Crippen LogP contribution < -0.4 is 0 Å². The van der Waals surface area contributed by atoms with Crippen molar-refractivity contribution in [2.24, 2.45) is 0 Å². The van der Waals surface area contributed by atoms with E-state index in [4.69, 9.17) is 5.11 Å². The Kier molecular flexibility index (Phi) is 4.97. The first kappa shape index (κ1) is 14.1. The van der Waals surface area contributed by atoms with Crippen LogP contribution >= 0.6 is 0 Å². The fraction of sp³-hybridized carbons (Fsp3) is 0. The second-order valence-corrected chi connectivity index (χ2v) is 3.34. The van der Waals surface area contributed by atoms with Crippen molar-refractivity contribution in [3.05, 3.63) is 74.8 Å². The number of aromatic hydroxyl groups is 1. The second-order valence-electron chi connectivity index (χ2n) is 3.34. The summed E-state index contributed by atoms with van der Waals surface area (Å²) in [7, 11) is 0. The van der Waals surface area contributed by atoms with E-state index in [1.165, 1.54) is 36.4 Å². The summed E-state index contributed by atoms with van der Waals surface area (Å²) in [6.45, 7) is 0. The van der Waals surface area contributed by atoms with E-state index < -0.39 is 9.85 Å². The molecular weight excluding hydrogens is 252 g/mol. The summed E-state index contributed by atoms with van der Waals surface area (Å²) in [6, 6.07) is 13.5. The summed E-state index contributed by atoms with van der Waals surface area (Å²) >= 11 is 0. The van der Waals surface area contributed by atoms with Crippen molar-refractivity contribution in [2.45, 2.75) is 0 Å². The van der Waals surface area contributed by atoms with E-state index in [1.807, 2.05) is 0 Å². The van der Waals surface area contributed by atoms with Gasteiger partial charge in [-0.05, 0) is 6.07 Å². The van der Waals surface area contributed by atoms with Crippen LogP contribution in [0.15, 0.2) is 54.6 Å². The number of nitro groups is 2. The van der Waals surface area contributed by atoms with Crippen molar-refractivity contribution >= 4 is 11.4 Å². The zero-order valence-corrected chi connectivity index (χ0v) is 9.67. The summed E-state index contributed by atoms with van der Waals surface area (Å²) in [5.74, 6) is -0.299.